The molecule has 1 aliphatic heterocycles. The number of fused-ring (bicyclic) bond motifs is 1. The summed E-state index contributed by atoms with van der Waals surface area (Å²) >= 11 is 0. The van der Waals surface area contributed by atoms with Gasteiger partial charge in [-0.15, -0.1) is 0 Å². The Morgan fingerprint density at radius 1 is 1.30 bits per heavy atom. The van der Waals surface area contributed by atoms with E-state index in [2.05, 4.69) is 28.3 Å². The lowest BCUT2D eigenvalue weighted by Gasteiger charge is -2.33. The summed E-state index contributed by atoms with van der Waals surface area (Å²) in [6.45, 7) is 2.15. The zero-order valence-corrected chi connectivity index (χ0v) is 12.1. The molecular weight excluding hydrogens is 250 g/mol. The summed E-state index contributed by atoms with van der Waals surface area (Å²) in [5.41, 5.74) is 0. The number of aromatic nitrogens is 1. The van der Waals surface area contributed by atoms with Crippen molar-refractivity contribution in [3.8, 4) is 5.75 Å². The number of methoxy groups -OCH3 is 1. The molecule has 3 rings (SSSR count). The summed E-state index contributed by atoms with van der Waals surface area (Å²) in [4.78, 5) is 6.90. The third kappa shape index (κ3) is 2.31. The third-order valence-corrected chi connectivity index (χ3v) is 4.12. The number of hydrogen-bond donors (Lipinski definition) is 1. The molecule has 1 fully saturated rings. The highest BCUT2D eigenvalue weighted by atomic mass is 16.5. The van der Waals surface area contributed by atoms with Gasteiger partial charge in [-0.05, 0) is 31.5 Å². The lowest BCUT2D eigenvalue weighted by atomic mass is 10.1. The van der Waals surface area contributed by atoms with E-state index >= 15 is 0 Å². The molecule has 0 bridgehead atoms. The summed E-state index contributed by atoms with van der Waals surface area (Å²) in [6.07, 6.45) is 4.31. The van der Waals surface area contributed by atoms with Crippen LogP contribution in [0.4, 0.5) is 5.82 Å². The fourth-order valence-electron chi connectivity index (χ4n) is 2.96. The molecule has 2 aromatic rings. The van der Waals surface area contributed by atoms with Gasteiger partial charge in [0.2, 0.25) is 0 Å². The molecule has 20 heavy (non-hydrogen) atoms. The molecule has 4 nitrogen and oxygen atoms in total. The number of piperidine rings is 1. The number of nitrogens with one attached hydrogen (secondary N) is 1. The molecular formula is C16H21N3O. The highest BCUT2D eigenvalue weighted by molar-refractivity contribution is 5.96. The smallest absolute Gasteiger partial charge is 0.136 e. The highest BCUT2D eigenvalue weighted by Gasteiger charge is 2.20. The Hall–Kier alpha value is -1.81. The Morgan fingerprint density at radius 3 is 2.95 bits per heavy atom. The number of anilines is 1. The normalized spacial score (nSPS) is 19.0. The Balaban J connectivity index is 2.02. The quantitative estimate of drug-likeness (QED) is 0.930. The SMILES string of the molecule is COc1cccc2c(N(C)C3CCCNC3)nccc12. The second kappa shape index (κ2) is 5.67. The molecule has 0 radical (unpaired) electrons. The van der Waals surface area contributed by atoms with E-state index in [-0.39, 0.29) is 0 Å². The molecule has 0 saturated carbocycles. The largest absolute Gasteiger partial charge is 0.496 e. The monoisotopic (exact) mass is 271 g/mol. The van der Waals surface area contributed by atoms with Gasteiger partial charge in [0.25, 0.3) is 0 Å². The van der Waals surface area contributed by atoms with Crippen LogP contribution < -0.4 is 15.0 Å². The molecule has 1 aromatic heterocycles. The average molecular weight is 271 g/mol. The summed E-state index contributed by atoms with van der Waals surface area (Å²) in [5, 5.41) is 5.74. The van der Waals surface area contributed by atoms with E-state index in [0.29, 0.717) is 6.04 Å². The van der Waals surface area contributed by atoms with Gasteiger partial charge < -0.3 is 15.0 Å². The van der Waals surface area contributed by atoms with Crippen molar-refractivity contribution in [2.24, 2.45) is 0 Å². The first-order chi connectivity index (χ1) is 9.81. The van der Waals surface area contributed by atoms with Crippen LogP contribution in [0.3, 0.4) is 0 Å². The number of ether oxygens (including phenoxy) is 1. The van der Waals surface area contributed by atoms with Crippen molar-refractivity contribution in [1.82, 2.24) is 10.3 Å². The average Bonchev–Trinajstić information content (AvgIpc) is 2.54. The van der Waals surface area contributed by atoms with Crippen LogP contribution in [-0.4, -0.2) is 38.3 Å². The predicted octanol–water partition coefficient (Wildman–Crippen LogP) is 2.43. The Bertz CT molecular complexity index is 593. The first kappa shape index (κ1) is 13.2. The third-order valence-electron chi connectivity index (χ3n) is 4.12. The van der Waals surface area contributed by atoms with Crippen molar-refractivity contribution >= 4 is 16.6 Å². The van der Waals surface area contributed by atoms with E-state index in [0.717, 1.165) is 35.4 Å². The van der Waals surface area contributed by atoms with E-state index in [1.807, 2.05) is 24.4 Å². The Morgan fingerprint density at radius 2 is 2.20 bits per heavy atom. The highest BCUT2D eigenvalue weighted by Crippen LogP contribution is 2.31. The summed E-state index contributed by atoms with van der Waals surface area (Å²) in [7, 11) is 3.85. The fraction of sp³-hybridized carbons (Fsp3) is 0.438. The van der Waals surface area contributed by atoms with Crippen LogP contribution in [-0.2, 0) is 0 Å². The molecule has 1 saturated heterocycles. The van der Waals surface area contributed by atoms with Crippen LogP contribution in [0.25, 0.3) is 10.8 Å². The van der Waals surface area contributed by atoms with Crippen LogP contribution in [0.15, 0.2) is 30.5 Å². The van der Waals surface area contributed by atoms with Gasteiger partial charge >= 0.3 is 0 Å². The van der Waals surface area contributed by atoms with Crippen LogP contribution in [0, 0.1) is 0 Å². The van der Waals surface area contributed by atoms with Gasteiger partial charge in [-0.2, -0.15) is 0 Å². The van der Waals surface area contributed by atoms with Crippen LogP contribution in [0.1, 0.15) is 12.8 Å². The van der Waals surface area contributed by atoms with E-state index in [9.17, 15) is 0 Å². The maximum absolute atomic E-state index is 5.45. The molecule has 2 heterocycles. The van der Waals surface area contributed by atoms with Crippen molar-refractivity contribution in [2.45, 2.75) is 18.9 Å². The second-order valence-corrected chi connectivity index (χ2v) is 5.30. The summed E-state index contributed by atoms with van der Waals surface area (Å²) in [6, 6.07) is 8.67. The lowest BCUT2D eigenvalue weighted by molar-refractivity contribution is 0.419. The van der Waals surface area contributed by atoms with Gasteiger partial charge in [-0.25, -0.2) is 4.98 Å². The topological polar surface area (TPSA) is 37.4 Å². The zero-order chi connectivity index (χ0) is 13.9. The molecule has 1 N–H and O–H groups in total. The van der Waals surface area contributed by atoms with Gasteiger partial charge in [0.15, 0.2) is 0 Å². The number of rotatable bonds is 3. The van der Waals surface area contributed by atoms with Crippen molar-refractivity contribution in [3.63, 3.8) is 0 Å². The van der Waals surface area contributed by atoms with Crippen LogP contribution in [0.2, 0.25) is 0 Å². The molecule has 1 atom stereocenters. The minimum Gasteiger partial charge on any atom is -0.496 e. The molecule has 1 unspecified atom stereocenters. The number of benzene rings is 1. The minimum absolute atomic E-state index is 0.507. The molecule has 0 spiro atoms. The lowest BCUT2D eigenvalue weighted by Crippen LogP contribution is -2.44. The summed E-state index contributed by atoms with van der Waals surface area (Å²) < 4.78 is 5.45. The number of hydrogen-bond acceptors (Lipinski definition) is 4. The van der Waals surface area contributed by atoms with Crippen LogP contribution >= 0.6 is 0 Å². The van der Waals surface area contributed by atoms with Gasteiger partial charge in [0, 0.05) is 36.6 Å². The Kier molecular flexibility index (Phi) is 3.74. The summed E-state index contributed by atoms with van der Waals surface area (Å²) in [5.74, 6) is 1.94. The molecule has 4 heteroatoms. The first-order valence-electron chi connectivity index (χ1n) is 7.16. The molecule has 1 aromatic carbocycles. The van der Waals surface area contributed by atoms with Crippen molar-refractivity contribution in [3.05, 3.63) is 30.5 Å². The van der Waals surface area contributed by atoms with E-state index in [1.54, 1.807) is 7.11 Å². The first-order valence-corrected chi connectivity index (χ1v) is 7.16. The maximum atomic E-state index is 5.45. The fourth-order valence-corrected chi connectivity index (χ4v) is 2.96. The molecule has 106 valence electrons. The number of nitrogens with zero attached hydrogens (tertiary/aromatic N) is 2. The van der Waals surface area contributed by atoms with Gasteiger partial charge in [-0.3, -0.25) is 0 Å². The second-order valence-electron chi connectivity index (χ2n) is 5.30. The molecule has 0 aliphatic carbocycles. The molecule has 0 amide bonds. The van der Waals surface area contributed by atoms with E-state index in [1.165, 1.54) is 12.8 Å². The predicted molar refractivity (Wildman–Crippen MR) is 82.6 cm³/mol. The molecule has 1 aliphatic rings. The zero-order valence-electron chi connectivity index (χ0n) is 12.1. The minimum atomic E-state index is 0.507. The Labute approximate surface area is 119 Å². The maximum Gasteiger partial charge on any atom is 0.136 e. The van der Waals surface area contributed by atoms with Crippen molar-refractivity contribution in [2.75, 3.05) is 32.1 Å². The number of pyridine rings is 1. The van der Waals surface area contributed by atoms with Gasteiger partial charge in [0.1, 0.15) is 11.6 Å². The van der Waals surface area contributed by atoms with Gasteiger partial charge in [-0.1, -0.05) is 12.1 Å². The van der Waals surface area contributed by atoms with Gasteiger partial charge in [0.05, 0.1) is 7.11 Å². The van der Waals surface area contributed by atoms with Crippen molar-refractivity contribution in [1.29, 1.82) is 0 Å². The number of likely N-dealkylation sites (N-methyl/N-ethyl adjacent to an activating group) is 1. The standard InChI is InChI=1S/C16H21N3O/c1-19(12-5-4-9-17-11-12)16-14-6-3-7-15(20-2)13(14)8-10-18-16/h3,6-8,10,12,17H,4-5,9,11H2,1-2H3. The van der Waals surface area contributed by atoms with E-state index in [4.69, 9.17) is 4.74 Å². The van der Waals surface area contributed by atoms with Crippen LogP contribution in [0.5, 0.6) is 5.75 Å². The van der Waals surface area contributed by atoms with E-state index < -0.39 is 0 Å². The van der Waals surface area contributed by atoms with Crippen molar-refractivity contribution < 1.29 is 4.74 Å².